The van der Waals surface area contributed by atoms with Crippen molar-refractivity contribution >= 4 is 0 Å². The summed E-state index contributed by atoms with van der Waals surface area (Å²) >= 11 is 0. The number of hydrogen-bond acceptors (Lipinski definition) is 2. The van der Waals surface area contributed by atoms with Gasteiger partial charge in [0.2, 0.25) is 0 Å². The third-order valence-electron chi connectivity index (χ3n) is 3.66. The van der Waals surface area contributed by atoms with Gasteiger partial charge in [-0.05, 0) is 64.5 Å². The molecule has 0 aromatic heterocycles. The van der Waals surface area contributed by atoms with Gasteiger partial charge < -0.3 is 10.1 Å². The van der Waals surface area contributed by atoms with Crippen LogP contribution in [0.3, 0.4) is 0 Å². The largest absolute Gasteiger partial charge is 0.378 e. The van der Waals surface area contributed by atoms with Crippen LogP contribution in [0, 0.1) is 0 Å². The lowest BCUT2D eigenvalue weighted by molar-refractivity contribution is 0.102. The fourth-order valence-corrected chi connectivity index (χ4v) is 2.67. The van der Waals surface area contributed by atoms with E-state index in [1.54, 1.807) is 5.57 Å². The Kier molecular flexibility index (Phi) is 5.36. The molecule has 2 aliphatic rings. The van der Waals surface area contributed by atoms with Crippen LogP contribution in [-0.4, -0.2) is 25.8 Å². The number of ether oxygens (including phenoxy) is 1. The van der Waals surface area contributed by atoms with Gasteiger partial charge in [-0.1, -0.05) is 11.6 Å². The molecule has 0 spiro atoms. The lowest BCUT2D eigenvalue weighted by Crippen LogP contribution is -2.18. The van der Waals surface area contributed by atoms with Gasteiger partial charge >= 0.3 is 0 Å². The van der Waals surface area contributed by atoms with Crippen LogP contribution in [0.15, 0.2) is 11.6 Å². The summed E-state index contributed by atoms with van der Waals surface area (Å²) in [4.78, 5) is 0. The second-order valence-electron chi connectivity index (χ2n) is 5.03. The third kappa shape index (κ3) is 4.26. The summed E-state index contributed by atoms with van der Waals surface area (Å²) in [6.07, 6.45) is 13.4. The summed E-state index contributed by atoms with van der Waals surface area (Å²) < 4.78 is 5.60. The van der Waals surface area contributed by atoms with E-state index in [1.165, 1.54) is 51.4 Å². The summed E-state index contributed by atoms with van der Waals surface area (Å²) in [5.41, 5.74) is 1.67. The normalized spacial score (nSPS) is 25.0. The van der Waals surface area contributed by atoms with Gasteiger partial charge in [-0.2, -0.15) is 0 Å². The fourth-order valence-electron chi connectivity index (χ4n) is 2.67. The van der Waals surface area contributed by atoms with Gasteiger partial charge in [-0.3, -0.25) is 0 Å². The maximum Gasteiger partial charge on any atom is 0.0576 e. The molecule has 2 heteroatoms. The Morgan fingerprint density at radius 2 is 2.31 bits per heavy atom. The van der Waals surface area contributed by atoms with Crippen LogP contribution >= 0.6 is 0 Å². The molecule has 0 aromatic rings. The van der Waals surface area contributed by atoms with Gasteiger partial charge in [-0.15, -0.1) is 0 Å². The van der Waals surface area contributed by atoms with Crippen molar-refractivity contribution in [2.24, 2.45) is 0 Å². The van der Waals surface area contributed by atoms with Crippen molar-refractivity contribution in [1.82, 2.24) is 5.32 Å². The van der Waals surface area contributed by atoms with Crippen molar-refractivity contribution in [3.05, 3.63) is 11.6 Å². The first-order valence-electron chi connectivity index (χ1n) is 6.95. The average Bonchev–Trinajstić information content (AvgIpc) is 2.96. The highest BCUT2D eigenvalue weighted by molar-refractivity contribution is 5.07. The maximum atomic E-state index is 5.60. The predicted molar refractivity (Wildman–Crippen MR) is 67.6 cm³/mol. The van der Waals surface area contributed by atoms with E-state index in [0.29, 0.717) is 6.10 Å². The second-order valence-corrected chi connectivity index (χ2v) is 5.03. The summed E-state index contributed by atoms with van der Waals surface area (Å²) in [5.74, 6) is 0. The first kappa shape index (κ1) is 12.1. The molecule has 1 heterocycles. The first-order chi connectivity index (χ1) is 7.95. The molecular formula is C14H25NO. The molecule has 0 aromatic carbocycles. The van der Waals surface area contributed by atoms with Crippen LogP contribution in [-0.2, 0) is 4.74 Å². The SMILES string of the molecule is C1=C(CCNCCCC2CCCO2)CCC1. The van der Waals surface area contributed by atoms with Gasteiger partial charge in [0.25, 0.3) is 0 Å². The minimum atomic E-state index is 0.569. The summed E-state index contributed by atoms with van der Waals surface area (Å²) in [6, 6.07) is 0. The quantitative estimate of drug-likeness (QED) is 0.529. The summed E-state index contributed by atoms with van der Waals surface area (Å²) in [6.45, 7) is 3.32. The Balaban J connectivity index is 1.40. The van der Waals surface area contributed by atoms with Crippen molar-refractivity contribution in [3.8, 4) is 0 Å². The highest BCUT2D eigenvalue weighted by Gasteiger charge is 2.14. The molecule has 1 aliphatic carbocycles. The molecule has 2 rings (SSSR count). The Hall–Kier alpha value is -0.340. The molecular weight excluding hydrogens is 198 g/mol. The average molecular weight is 223 g/mol. The number of allylic oxidation sites excluding steroid dienone is 1. The van der Waals surface area contributed by atoms with Gasteiger partial charge in [0.05, 0.1) is 6.10 Å². The maximum absolute atomic E-state index is 5.60. The van der Waals surface area contributed by atoms with E-state index in [2.05, 4.69) is 11.4 Å². The first-order valence-corrected chi connectivity index (χ1v) is 6.95. The Morgan fingerprint density at radius 1 is 1.31 bits per heavy atom. The van der Waals surface area contributed by atoms with Gasteiger partial charge in [0.15, 0.2) is 0 Å². The molecule has 1 atom stereocenters. The van der Waals surface area contributed by atoms with Crippen molar-refractivity contribution in [2.75, 3.05) is 19.7 Å². The van der Waals surface area contributed by atoms with Crippen molar-refractivity contribution in [3.63, 3.8) is 0 Å². The zero-order valence-corrected chi connectivity index (χ0v) is 10.3. The second kappa shape index (κ2) is 7.08. The van der Waals surface area contributed by atoms with E-state index >= 15 is 0 Å². The minimum absolute atomic E-state index is 0.569. The lowest BCUT2D eigenvalue weighted by Gasteiger charge is -2.09. The van der Waals surface area contributed by atoms with Crippen LogP contribution in [0.2, 0.25) is 0 Å². The molecule has 1 saturated heterocycles. The van der Waals surface area contributed by atoms with E-state index in [9.17, 15) is 0 Å². The topological polar surface area (TPSA) is 21.3 Å². The van der Waals surface area contributed by atoms with E-state index < -0.39 is 0 Å². The smallest absolute Gasteiger partial charge is 0.0576 e. The molecule has 1 N–H and O–H groups in total. The lowest BCUT2D eigenvalue weighted by atomic mass is 10.1. The number of nitrogens with one attached hydrogen (secondary N) is 1. The molecule has 1 unspecified atom stereocenters. The summed E-state index contributed by atoms with van der Waals surface area (Å²) in [7, 11) is 0. The van der Waals surface area contributed by atoms with E-state index in [4.69, 9.17) is 4.74 Å². The highest BCUT2D eigenvalue weighted by atomic mass is 16.5. The minimum Gasteiger partial charge on any atom is -0.378 e. The molecule has 0 amide bonds. The molecule has 1 fully saturated rings. The predicted octanol–water partition coefficient (Wildman–Crippen LogP) is 3.04. The molecule has 1 aliphatic heterocycles. The van der Waals surface area contributed by atoms with Crippen LogP contribution in [0.4, 0.5) is 0 Å². The monoisotopic (exact) mass is 223 g/mol. The van der Waals surface area contributed by atoms with Crippen LogP contribution in [0.5, 0.6) is 0 Å². The van der Waals surface area contributed by atoms with Gasteiger partial charge in [0.1, 0.15) is 0 Å². The van der Waals surface area contributed by atoms with Crippen molar-refractivity contribution < 1.29 is 4.74 Å². The van der Waals surface area contributed by atoms with E-state index in [0.717, 1.165) is 19.7 Å². The fraction of sp³-hybridized carbons (Fsp3) is 0.857. The van der Waals surface area contributed by atoms with Crippen molar-refractivity contribution in [2.45, 2.75) is 57.5 Å². The van der Waals surface area contributed by atoms with E-state index in [1.807, 2.05) is 0 Å². The number of hydrogen-bond donors (Lipinski definition) is 1. The molecule has 2 nitrogen and oxygen atoms in total. The van der Waals surface area contributed by atoms with E-state index in [-0.39, 0.29) is 0 Å². The van der Waals surface area contributed by atoms with Gasteiger partial charge in [-0.25, -0.2) is 0 Å². The Morgan fingerprint density at radius 3 is 3.06 bits per heavy atom. The zero-order chi connectivity index (χ0) is 11.1. The van der Waals surface area contributed by atoms with Crippen LogP contribution in [0.25, 0.3) is 0 Å². The Labute approximate surface area is 99.4 Å². The summed E-state index contributed by atoms with van der Waals surface area (Å²) in [5, 5.41) is 3.54. The van der Waals surface area contributed by atoms with Crippen molar-refractivity contribution in [1.29, 1.82) is 0 Å². The van der Waals surface area contributed by atoms with Crippen LogP contribution < -0.4 is 5.32 Å². The number of rotatable bonds is 7. The molecule has 16 heavy (non-hydrogen) atoms. The molecule has 92 valence electrons. The van der Waals surface area contributed by atoms with Gasteiger partial charge in [0, 0.05) is 6.61 Å². The van der Waals surface area contributed by atoms with Crippen LogP contribution in [0.1, 0.15) is 51.4 Å². The third-order valence-corrected chi connectivity index (χ3v) is 3.66. The molecule has 0 bridgehead atoms. The standard InChI is InChI=1S/C14H25NO/c1-2-6-13(5-1)9-11-15-10-3-7-14-8-4-12-16-14/h5,14-15H,1-4,6-12H2. The Bertz CT molecular complexity index is 219. The molecule has 0 saturated carbocycles. The zero-order valence-electron chi connectivity index (χ0n) is 10.3. The molecule has 0 radical (unpaired) electrons. The highest BCUT2D eigenvalue weighted by Crippen LogP contribution is 2.19.